The lowest BCUT2D eigenvalue weighted by atomic mass is 9.86. The number of benzene rings is 4. The van der Waals surface area contributed by atoms with Crippen molar-refractivity contribution in [3.63, 3.8) is 0 Å². The molecule has 1 aromatic heterocycles. The molecule has 5 aliphatic rings. The minimum absolute atomic E-state index is 0.00332. The Balaban J connectivity index is 0.863. The minimum atomic E-state index is -4.24. The van der Waals surface area contributed by atoms with E-state index in [2.05, 4.69) is 15.0 Å². The van der Waals surface area contributed by atoms with Gasteiger partial charge in [0.15, 0.2) is 23.9 Å². The standard InChI is InChI=1S/C50H48Cl2F2N4O11S/c51-40-26-57(62)27-41(52)39(40)23-43(33-14-15-42(68-49(53)54)44(22-33)65-29-30-12-13-30)67-48(60)36-24-58(25-36)70(63,64)38-11-5-9-35(21-38)47(59)66-37-10-4-8-34(20-37)46(32-6-2-1-3-7-32)55-50(61)69-45-28-56-18-16-31(45)17-19-56/h1-11,14-15,20-22,26-27,30-31,36,43,45-46,49H,12-13,16-19,23-25,28-29H2,(H,55,61)/t43-,45-,46-/m0/s1. The van der Waals surface area contributed by atoms with Gasteiger partial charge in [-0.2, -0.15) is 17.8 Å². The number of ether oxygens (including phenoxy) is 5. The van der Waals surface area contributed by atoms with Crippen LogP contribution in [0.5, 0.6) is 17.2 Å². The van der Waals surface area contributed by atoms with Gasteiger partial charge in [0.05, 0.1) is 29.0 Å². The van der Waals surface area contributed by atoms with Crippen molar-refractivity contribution >= 4 is 51.3 Å². The number of hydrogen-bond acceptors (Lipinski definition) is 12. The molecular formula is C50H48Cl2F2N4O11S. The van der Waals surface area contributed by atoms with E-state index in [1.807, 2.05) is 30.3 Å². The van der Waals surface area contributed by atoms with Crippen LogP contribution in [0.4, 0.5) is 13.6 Å². The van der Waals surface area contributed by atoms with Gasteiger partial charge < -0.3 is 34.2 Å². The van der Waals surface area contributed by atoms with Crippen molar-refractivity contribution in [3.05, 3.63) is 153 Å². The number of carbonyl (C=O) groups is 3. The predicted molar refractivity (Wildman–Crippen MR) is 250 cm³/mol. The molecule has 1 N–H and O–H groups in total. The molecule has 3 atom stereocenters. The van der Waals surface area contributed by atoms with Crippen molar-refractivity contribution < 1.29 is 60.0 Å². The van der Waals surface area contributed by atoms with Gasteiger partial charge in [-0.05, 0) is 110 Å². The first-order valence-electron chi connectivity index (χ1n) is 22.8. The third-order valence-electron chi connectivity index (χ3n) is 13.0. The Hall–Kier alpha value is -6.05. The van der Waals surface area contributed by atoms with Crippen LogP contribution >= 0.6 is 23.2 Å². The number of alkyl carbamates (subject to hydrolysis) is 1. The summed E-state index contributed by atoms with van der Waals surface area (Å²) in [5, 5.41) is 15.0. The first-order valence-corrected chi connectivity index (χ1v) is 25.0. The van der Waals surface area contributed by atoms with Crippen LogP contribution in [-0.4, -0.2) is 87.7 Å². The van der Waals surface area contributed by atoms with Gasteiger partial charge in [-0.15, -0.1) is 0 Å². The summed E-state index contributed by atoms with van der Waals surface area (Å²) in [4.78, 5) is 42.8. The molecule has 2 bridgehead atoms. The molecule has 0 spiro atoms. The van der Waals surface area contributed by atoms with E-state index in [0.717, 1.165) is 61.0 Å². The lowest BCUT2D eigenvalue weighted by Gasteiger charge is -2.43. The van der Waals surface area contributed by atoms with Crippen LogP contribution in [-0.2, 0) is 30.7 Å². The quantitative estimate of drug-likeness (QED) is 0.0385. The van der Waals surface area contributed by atoms with E-state index < -0.39 is 52.7 Å². The third kappa shape index (κ3) is 11.6. The number of hydrogen-bond donors (Lipinski definition) is 1. The molecule has 70 heavy (non-hydrogen) atoms. The van der Waals surface area contributed by atoms with Crippen molar-refractivity contribution in [1.82, 2.24) is 14.5 Å². The lowest BCUT2D eigenvalue weighted by molar-refractivity contribution is -0.605. The highest BCUT2D eigenvalue weighted by Gasteiger charge is 2.43. The summed E-state index contributed by atoms with van der Waals surface area (Å²) in [5.74, 6) is -2.03. The second-order valence-electron chi connectivity index (χ2n) is 17.8. The summed E-state index contributed by atoms with van der Waals surface area (Å²) in [6.07, 6.45) is 3.91. The molecule has 10 rings (SSSR count). The maximum Gasteiger partial charge on any atom is 0.408 e. The normalized spacial score (nSPS) is 19.9. The average molecular weight is 1020 g/mol. The molecule has 4 saturated heterocycles. The summed E-state index contributed by atoms with van der Waals surface area (Å²) in [5.41, 5.74) is 1.89. The van der Waals surface area contributed by atoms with Crippen LogP contribution < -0.4 is 24.3 Å². The number of carbonyl (C=O) groups excluding carboxylic acids is 3. The van der Waals surface area contributed by atoms with Gasteiger partial charge in [0.25, 0.3) is 0 Å². The second-order valence-corrected chi connectivity index (χ2v) is 20.6. The number of amides is 1. The Kier molecular flexibility index (Phi) is 14.8. The van der Waals surface area contributed by atoms with E-state index in [1.165, 1.54) is 42.5 Å². The molecule has 1 amide bonds. The SMILES string of the molecule is O=C(N[C@@H](c1ccccc1)c1cccc(OC(=O)c2cccc(S(=O)(=O)N3CC(C(=O)O[C@@H](Cc4c(Cl)c[n+]([O-])cc4Cl)c4ccc(OC(F)F)c(OCC5CC5)c4)C3)c2)c1)O[C@H]1CN2CCC1CC2. The number of alkyl halides is 2. The molecule has 5 heterocycles. The molecule has 4 aromatic carbocycles. The summed E-state index contributed by atoms with van der Waals surface area (Å²) >= 11 is 12.8. The number of fused-ring (bicyclic) bond motifs is 3. The van der Waals surface area contributed by atoms with Crippen LogP contribution in [0.1, 0.15) is 70.4 Å². The fourth-order valence-corrected chi connectivity index (χ4v) is 11.1. The van der Waals surface area contributed by atoms with Crippen LogP contribution in [0.25, 0.3) is 0 Å². The number of rotatable bonds is 18. The van der Waals surface area contributed by atoms with E-state index >= 15 is 0 Å². The van der Waals surface area contributed by atoms with Crippen LogP contribution in [0, 0.1) is 23.0 Å². The zero-order valence-corrected chi connectivity index (χ0v) is 39.8. The monoisotopic (exact) mass is 1020 g/mol. The van der Waals surface area contributed by atoms with Crippen molar-refractivity contribution in [2.24, 2.45) is 17.8 Å². The predicted octanol–water partition coefficient (Wildman–Crippen LogP) is 8.29. The number of nitrogens with zero attached hydrogens (tertiary/aromatic N) is 3. The van der Waals surface area contributed by atoms with Gasteiger partial charge in [0, 0.05) is 31.6 Å². The number of piperidine rings is 3. The summed E-state index contributed by atoms with van der Waals surface area (Å²) in [7, 11) is -4.24. The fourth-order valence-electron chi connectivity index (χ4n) is 8.88. The average Bonchev–Trinajstić information content (AvgIpc) is 4.16. The van der Waals surface area contributed by atoms with E-state index in [9.17, 15) is 36.8 Å². The highest BCUT2D eigenvalue weighted by molar-refractivity contribution is 7.89. The first-order chi connectivity index (χ1) is 33.7. The van der Waals surface area contributed by atoms with Gasteiger partial charge in [-0.25, -0.2) is 18.0 Å². The Bertz CT molecular complexity index is 2830. The van der Waals surface area contributed by atoms with Crippen LogP contribution in [0.15, 0.2) is 114 Å². The molecule has 1 aliphatic carbocycles. The number of halogens is 4. The molecule has 20 heteroatoms. The Morgan fingerprint density at radius 1 is 0.814 bits per heavy atom. The van der Waals surface area contributed by atoms with Crippen LogP contribution in [0.3, 0.4) is 0 Å². The topological polar surface area (TPSA) is 177 Å². The van der Waals surface area contributed by atoms with Crippen molar-refractivity contribution in [3.8, 4) is 17.2 Å². The molecule has 4 aliphatic heterocycles. The maximum atomic E-state index is 13.9. The molecule has 368 valence electrons. The molecule has 0 unspecified atom stereocenters. The number of nitrogens with one attached hydrogen (secondary N) is 1. The summed E-state index contributed by atoms with van der Waals surface area (Å²) < 4.78 is 84.2. The van der Waals surface area contributed by atoms with Gasteiger partial charge >= 0.3 is 24.6 Å². The van der Waals surface area contributed by atoms with Crippen molar-refractivity contribution in [2.75, 3.05) is 39.3 Å². The van der Waals surface area contributed by atoms with Crippen molar-refractivity contribution in [2.45, 2.75) is 61.9 Å². The highest BCUT2D eigenvalue weighted by atomic mass is 35.5. The maximum absolute atomic E-state index is 13.9. The smallest absolute Gasteiger partial charge is 0.408 e. The number of pyridine rings is 1. The molecule has 1 saturated carbocycles. The summed E-state index contributed by atoms with van der Waals surface area (Å²) in [6.45, 7) is -0.701. The first kappa shape index (κ1) is 49.0. The van der Waals surface area contributed by atoms with E-state index in [4.69, 9.17) is 42.1 Å². The van der Waals surface area contributed by atoms with Gasteiger partial charge in [-0.3, -0.25) is 9.69 Å². The molecule has 5 aromatic rings. The fraction of sp³-hybridized carbons (Fsp3) is 0.360. The largest absolute Gasteiger partial charge is 0.619 e. The number of esters is 2. The van der Waals surface area contributed by atoms with Crippen LogP contribution in [0.2, 0.25) is 10.0 Å². The highest BCUT2D eigenvalue weighted by Crippen LogP contribution is 2.39. The minimum Gasteiger partial charge on any atom is -0.619 e. The molecule has 15 nitrogen and oxygen atoms in total. The summed E-state index contributed by atoms with van der Waals surface area (Å²) in [6, 6.07) is 24.7. The Morgan fingerprint density at radius 2 is 1.53 bits per heavy atom. The van der Waals surface area contributed by atoms with Crippen molar-refractivity contribution in [1.29, 1.82) is 0 Å². The van der Waals surface area contributed by atoms with Gasteiger partial charge in [0.2, 0.25) is 10.0 Å². The van der Waals surface area contributed by atoms with E-state index in [-0.39, 0.29) is 81.5 Å². The molecule has 5 fully saturated rings. The Labute approximate surface area is 412 Å². The molecular weight excluding hydrogens is 974 g/mol. The number of sulfonamides is 1. The zero-order valence-electron chi connectivity index (χ0n) is 37.5. The van der Waals surface area contributed by atoms with Gasteiger partial charge in [-0.1, -0.05) is 77.8 Å². The Morgan fingerprint density at radius 3 is 2.21 bits per heavy atom. The number of aromatic nitrogens is 1. The zero-order chi connectivity index (χ0) is 49.1. The lowest BCUT2D eigenvalue weighted by Crippen LogP contribution is -2.53. The molecule has 0 radical (unpaired) electrons. The van der Waals surface area contributed by atoms with E-state index in [1.54, 1.807) is 24.3 Å². The third-order valence-corrected chi connectivity index (χ3v) is 15.5. The van der Waals surface area contributed by atoms with E-state index in [0.29, 0.717) is 28.3 Å². The second kappa shape index (κ2) is 21.1. The van der Waals surface area contributed by atoms with Gasteiger partial charge in [0.1, 0.15) is 28.0 Å².